The fourth-order valence-corrected chi connectivity index (χ4v) is 2.19. The van der Waals surface area contributed by atoms with Gasteiger partial charge in [-0.3, -0.25) is 15.1 Å². The van der Waals surface area contributed by atoms with E-state index in [-0.39, 0.29) is 12.3 Å². The predicted octanol–water partition coefficient (Wildman–Crippen LogP) is 2.12. The molecule has 0 unspecified atom stereocenters. The molecule has 0 spiro atoms. The van der Waals surface area contributed by atoms with Crippen molar-refractivity contribution in [1.29, 1.82) is 0 Å². The second-order valence-electron chi connectivity index (χ2n) is 5.06. The van der Waals surface area contributed by atoms with Gasteiger partial charge in [-0.1, -0.05) is 12.1 Å². The summed E-state index contributed by atoms with van der Waals surface area (Å²) in [5.41, 5.74) is 1.09. The van der Waals surface area contributed by atoms with E-state index in [1.807, 2.05) is 12.1 Å². The molecule has 0 saturated carbocycles. The van der Waals surface area contributed by atoms with Crippen LogP contribution in [-0.4, -0.2) is 41.1 Å². The van der Waals surface area contributed by atoms with E-state index < -0.39 is 17.1 Å². The van der Waals surface area contributed by atoms with Gasteiger partial charge in [0.2, 0.25) is 0 Å². The number of methoxy groups -OCH3 is 1. The van der Waals surface area contributed by atoms with Gasteiger partial charge in [-0.2, -0.15) is 0 Å². The molecule has 7 heteroatoms. The molecule has 2 N–H and O–H groups in total. The molecule has 2 aromatic carbocycles. The average Bonchev–Trinajstić information content (AvgIpc) is 2.62. The van der Waals surface area contributed by atoms with E-state index >= 15 is 0 Å². The van der Waals surface area contributed by atoms with Crippen molar-refractivity contribution in [2.24, 2.45) is 4.99 Å². The zero-order valence-electron chi connectivity index (χ0n) is 13.1. The summed E-state index contributed by atoms with van der Waals surface area (Å²) in [7, 11) is 1.54. The highest BCUT2D eigenvalue weighted by Gasteiger charge is 2.20. The minimum Gasteiger partial charge on any atom is -0.496 e. The predicted molar refractivity (Wildman–Crippen MR) is 89.5 cm³/mol. The molecule has 0 aliphatic heterocycles. The average molecular weight is 330 g/mol. The van der Waals surface area contributed by atoms with Crippen LogP contribution in [0.4, 0.5) is 5.69 Å². The van der Waals surface area contributed by atoms with Crippen LogP contribution in [0.25, 0.3) is 0 Å². The fourth-order valence-electron chi connectivity index (χ4n) is 2.19. The molecular weight excluding hydrogens is 312 g/mol. The molecule has 2 aromatic rings. The monoisotopic (exact) mass is 330 g/mol. The molecule has 0 bridgehead atoms. The molecule has 0 aromatic heterocycles. The number of rotatable bonds is 7. The third kappa shape index (κ3) is 4.15. The highest BCUT2D eigenvalue weighted by atomic mass is 16.6. The lowest BCUT2D eigenvalue weighted by atomic mass is 10.0. The van der Waals surface area contributed by atoms with Crippen LogP contribution in [0.15, 0.2) is 53.5 Å². The van der Waals surface area contributed by atoms with Gasteiger partial charge in [-0.05, 0) is 29.8 Å². The van der Waals surface area contributed by atoms with Crippen LogP contribution < -0.4 is 4.74 Å². The zero-order valence-corrected chi connectivity index (χ0v) is 13.1. The zero-order chi connectivity index (χ0) is 17.5. The topological polar surface area (TPSA) is 105 Å². The molecule has 0 heterocycles. The third-order valence-electron chi connectivity index (χ3n) is 3.54. The first-order chi connectivity index (χ1) is 11.6. The van der Waals surface area contributed by atoms with E-state index in [0.717, 1.165) is 0 Å². The van der Waals surface area contributed by atoms with Crippen LogP contribution in [0.5, 0.6) is 5.75 Å². The Bertz CT molecular complexity index is 715. The van der Waals surface area contributed by atoms with Crippen LogP contribution in [-0.2, 0) is 0 Å². The maximum atomic E-state index is 10.7. The number of non-ortho nitro benzene ring substituents is 1. The number of aliphatic hydroxyl groups excluding tert-OH is 2. The van der Waals surface area contributed by atoms with Gasteiger partial charge in [-0.25, -0.2) is 0 Å². The Morgan fingerprint density at radius 3 is 2.50 bits per heavy atom. The van der Waals surface area contributed by atoms with Crippen LogP contribution >= 0.6 is 0 Å². The molecule has 0 fully saturated rings. The van der Waals surface area contributed by atoms with Gasteiger partial charge >= 0.3 is 0 Å². The second kappa shape index (κ2) is 8.19. The van der Waals surface area contributed by atoms with Gasteiger partial charge in [0.15, 0.2) is 0 Å². The summed E-state index contributed by atoms with van der Waals surface area (Å²) in [4.78, 5) is 14.4. The molecule has 0 aliphatic carbocycles. The quantitative estimate of drug-likeness (QED) is 0.459. The number of nitro benzene ring substituents is 1. The van der Waals surface area contributed by atoms with Crippen molar-refractivity contribution >= 4 is 11.9 Å². The Morgan fingerprint density at radius 1 is 1.25 bits per heavy atom. The molecule has 2 atom stereocenters. The maximum Gasteiger partial charge on any atom is 0.269 e. The standard InChI is InChI=1S/C17H18N2O5/c1-24-16-5-3-2-4-13(16)10-18-15(11-20)17(21)12-6-8-14(9-7-12)19(22)23/h2-10,15,17,20-21H,11H2,1H3/t15-,17-/m0/s1. The van der Waals surface area contributed by atoms with Gasteiger partial charge in [0, 0.05) is 23.9 Å². The molecule has 0 saturated heterocycles. The van der Waals surface area contributed by atoms with Crippen LogP contribution in [0.2, 0.25) is 0 Å². The smallest absolute Gasteiger partial charge is 0.269 e. The Morgan fingerprint density at radius 2 is 1.92 bits per heavy atom. The lowest BCUT2D eigenvalue weighted by Crippen LogP contribution is -2.21. The summed E-state index contributed by atoms with van der Waals surface area (Å²) in [5.74, 6) is 0.628. The molecule has 24 heavy (non-hydrogen) atoms. The van der Waals surface area contributed by atoms with Gasteiger partial charge in [-0.15, -0.1) is 0 Å². The molecule has 126 valence electrons. The summed E-state index contributed by atoms with van der Waals surface area (Å²) in [6.45, 7) is -0.371. The van der Waals surface area contributed by atoms with E-state index in [9.17, 15) is 20.3 Å². The molecule has 7 nitrogen and oxygen atoms in total. The van der Waals surface area contributed by atoms with Crippen molar-refractivity contribution in [2.45, 2.75) is 12.1 Å². The summed E-state index contributed by atoms with van der Waals surface area (Å²) < 4.78 is 5.21. The van der Waals surface area contributed by atoms with Gasteiger partial charge in [0.25, 0.3) is 5.69 Å². The van der Waals surface area contributed by atoms with Crippen LogP contribution in [0.1, 0.15) is 17.2 Å². The first-order valence-electron chi connectivity index (χ1n) is 7.26. The third-order valence-corrected chi connectivity index (χ3v) is 3.54. The Labute approximate surface area is 139 Å². The lowest BCUT2D eigenvalue weighted by Gasteiger charge is -2.17. The summed E-state index contributed by atoms with van der Waals surface area (Å²) >= 11 is 0. The Kier molecular flexibility index (Phi) is 6.00. The SMILES string of the molecule is COc1ccccc1C=N[C@@H](CO)[C@@H](O)c1ccc([N+](=O)[O-])cc1. The normalized spacial score (nSPS) is 13.6. The van der Waals surface area contributed by atoms with E-state index in [1.165, 1.54) is 30.5 Å². The molecular formula is C17H18N2O5. The number of ether oxygens (including phenoxy) is 1. The summed E-state index contributed by atoms with van der Waals surface area (Å²) in [5, 5.41) is 30.5. The van der Waals surface area contributed by atoms with Crippen molar-refractivity contribution in [3.05, 3.63) is 69.8 Å². The summed E-state index contributed by atoms with van der Waals surface area (Å²) in [6.07, 6.45) is 0.440. The number of benzene rings is 2. The number of nitro groups is 1. The first kappa shape index (κ1) is 17.6. The highest BCUT2D eigenvalue weighted by molar-refractivity contribution is 5.83. The molecule has 2 rings (SSSR count). The minimum atomic E-state index is -1.08. The number of aliphatic hydroxyl groups is 2. The van der Waals surface area contributed by atoms with Gasteiger partial charge in [0.1, 0.15) is 17.9 Å². The number of hydrogen-bond donors (Lipinski definition) is 2. The van der Waals surface area contributed by atoms with E-state index in [1.54, 1.807) is 19.2 Å². The lowest BCUT2D eigenvalue weighted by molar-refractivity contribution is -0.384. The van der Waals surface area contributed by atoms with Crippen molar-refractivity contribution in [3.63, 3.8) is 0 Å². The highest BCUT2D eigenvalue weighted by Crippen LogP contribution is 2.22. The van der Waals surface area contributed by atoms with Crippen molar-refractivity contribution in [1.82, 2.24) is 0 Å². The second-order valence-corrected chi connectivity index (χ2v) is 5.06. The van der Waals surface area contributed by atoms with Crippen molar-refractivity contribution < 1.29 is 19.9 Å². The molecule has 0 amide bonds. The number of hydrogen-bond acceptors (Lipinski definition) is 6. The largest absolute Gasteiger partial charge is 0.496 e. The van der Waals surface area contributed by atoms with E-state index in [2.05, 4.69) is 4.99 Å². The van der Waals surface area contributed by atoms with Gasteiger partial charge in [0.05, 0.1) is 18.6 Å². The minimum absolute atomic E-state index is 0.0657. The first-order valence-corrected chi connectivity index (χ1v) is 7.26. The molecule has 0 radical (unpaired) electrons. The van der Waals surface area contributed by atoms with Crippen LogP contribution in [0.3, 0.4) is 0 Å². The van der Waals surface area contributed by atoms with Crippen LogP contribution in [0, 0.1) is 10.1 Å². The fraction of sp³-hybridized carbons (Fsp3) is 0.235. The van der Waals surface area contributed by atoms with E-state index in [4.69, 9.17) is 4.74 Å². The van der Waals surface area contributed by atoms with Crippen molar-refractivity contribution in [2.75, 3.05) is 13.7 Å². The number of para-hydroxylation sites is 1. The maximum absolute atomic E-state index is 10.7. The molecule has 0 aliphatic rings. The Hall–Kier alpha value is -2.77. The number of aliphatic imine (C=N–C) groups is 1. The summed E-state index contributed by atoms with van der Waals surface area (Å²) in [6, 6.07) is 11.9. The van der Waals surface area contributed by atoms with E-state index in [0.29, 0.717) is 16.9 Å². The van der Waals surface area contributed by atoms with Crippen molar-refractivity contribution in [3.8, 4) is 5.75 Å². The Balaban J connectivity index is 2.17. The number of nitrogens with zero attached hydrogens (tertiary/aromatic N) is 2. The van der Waals surface area contributed by atoms with Gasteiger partial charge < -0.3 is 14.9 Å².